The summed E-state index contributed by atoms with van der Waals surface area (Å²) in [5.74, 6) is 0. The van der Waals surface area contributed by atoms with Crippen molar-refractivity contribution >= 4 is 48.9 Å². The Hall–Kier alpha value is -0.860. The van der Waals surface area contributed by atoms with Crippen molar-refractivity contribution in [3.63, 3.8) is 0 Å². The van der Waals surface area contributed by atoms with E-state index in [1.54, 1.807) is 0 Å². The largest absolute Gasteiger partial charge is 2.00 e. The fraction of sp³-hybridized carbons (Fsp3) is 0. The van der Waals surface area contributed by atoms with Gasteiger partial charge >= 0.3 is 39.5 Å². The molecule has 14 heavy (non-hydrogen) atoms. The fourth-order valence-corrected chi connectivity index (χ4v) is 0. The van der Waals surface area contributed by atoms with E-state index in [2.05, 4.69) is 0 Å². The minimum absolute atomic E-state index is 0. The number of hydrogen-bond acceptors (Lipinski definition) is 8. The normalized spacial score (nSPS) is 3.43. The Bertz CT molecular complexity index is 75.3. The Morgan fingerprint density at radius 3 is 0.571 bits per heavy atom. The molecule has 0 rings (SSSR count). The molecule has 0 amide bonds. The molecule has 0 radical (unpaired) electrons. The number of carbonyl (C=O) groups is 4. The molecule has 0 saturated heterocycles. The van der Waals surface area contributed by atoms with E-state index in [0.29, 0.717) is 0 Å². The number of hydrogen-bond donors (Lipinski definition) is 0. The average molecular weight is 263 g/mol. The summed E-state index contributed by atoms with van der Waals surface area (Å²) in [5.41, 5.74) is 0. The van der Waals surface area contributed by atoms with Crippen molar-refractivity contribution in [3.8, 4) is 0 Å². The van der Waals surface area contributed by atoms with Gasteiger partial charge in [0.15, 0.2) is 0 Å². The first-order valence-electron chi connectivity index (χ1n) is 1.89. The second-order valence-corrected chi connectivity index (χ2v) is 0.385. The quantitative estimate of drug-likeness (QED) is 0.307. The van der Waals surface area contributed by atoms with Crippen LogP contribution in [-0.2, 0) is 35.7 Å². The molecule has 0 aliphatic heterocycles. The van der Waals surface area contributed by atoms with Crippen LogP contribution in [-0.4, -0.2) is 48.9 Å². The summed E-state index contributed by atoms with van der Waals surface area (Å²) in [6.45, 7) is -2.00. The van der Waals surface area contributed by atoms with Crippen LogP contribution in [0.4, 0.5) is 0 Å². The number of rotatable bonds is 0. The standard InChI is InChI=1S/4CH2O2.Mg.Ni/c4*2-1-3;;/h4*1H,(H,2,3);;/q;;;;2*+2/p-4. The molecule has 0 aromatic rings. The molecule has 80 valence electrons. The molecule has 0 fully saturated rings. The summed E-state index contributed by atoms with van der Waals surface area (Å²) >= 11 is 0. The smallest absolute Gasteiger partial charge is 0.554 e. The molecular weight excluding hydrogens is 259 g/mol. The zero-order valence-corrected chi connectivity index (χ0v) is 9.00. The van der Waals surface area contributed by atoms with Crippen LogP contribution in [0.15, 0.2) is 0 Å². The minimum atomic E-state index is -0.500. The SMILES string of the molecule is O=C[O-].O=C[O-].O=C[O-].O=C[O-].[Mg+2].[Ni+2]. The molecule has 0 aromatic carbocycles. The molecule has 0 unspecified atom stereocenters. The molecule has 0 aromatic heterocycles. The van der Waals surface area contributed by atoms with Gasteiger partial charge in [-0.1, -0.05) is 0 Å². The van der Waals surface area contributed by atoms with Crippen molar-refractivity contribution in [1.29, 1.82) is 0 Å². The molecule has 0 saturated carbocycles. The number of carboxylic acid groups (broad SMARTS) is 4. The van der Waals surface area contributed by atoms with Crippen LogP contribution in [0, 0.1) is 0 Å². The van der Waals surface area contributed by atoms with E-state index in [1.165, 1.54) is 0 Å². The maximum atomic E-state index is 8.25. The van der Waals surface area contributed by atoms with Gasteiger partial charge in [0, 0.05) is 25.9 Å². The summed E-state index contributed by atoms with van der Waals surface area (Å²) in [6.07, 6.45) is 0. The van der Waals surface area contributed by atoms with Crippen LogP contribution in [0.25, 0.3) is 0 Å². The van der Waals surface area contributed by atoms with Gasteiger partial charge in [-0.15, -0.1) is 0 Å². The van der Waals surface area contributed by atoms with E-state index in [0.717, 1.165) is 0 Å². The summed E-state index contributed by atoms with van der Waals surface area (Å²) in [4.78, 5) is 33.0. The third kappa shape index (κ3) is 1550. The van der Waals surface area contributed by atoms with Crippen molar-refractivity contribution in [3.05, 3.63) is 0 Å². The van der Waals surface area contributed by atoms with E-state index in [4.69, 9.17) is 39.6 Å². The first-order chi connectivity index (χ1) is 5.66. The summed E-state index contributed by atoms with van der Waals surface area (Å²) in [5, 5.41) is 33.0. The zero-order valence-electron chi connectivity index (χ0n) is 6.60. The van der Waals surface area contributed by atoms with Crippen LogP contribution >= 0.6 is 0 Å². The second kappa shape index (κ2) is 153. The van der Waals surface area contributed by atoms with E-state index in [-0.39, 0.29) is 39.5 Å². The Kier molecular flexibility index (Phi) is 415. The van der Waals surface area contributed by atoms with Gasteiger partial charge < -0.3 is 39.6 Å². The Labute approximate surface area is 105 Å². The maximum Gasteiger partial charge on any atom is 2.00 e. The van der Waals surface area contributed by atoms with Gasteiger partial charge in [0.05, 0.1) is 0 Å². The van der Waals surface area contributed by atoms with Crippen LogP contribution < -0.4 is 20.4 Å². The molecule has 0 heterocycles. The third-order valence-electron chi connectivity index (χ3n) is 0. The molecule has 0 spiro atoms. The van der Waals surface area contributed by atoms with Crippen molar-refractivity contribution in [2.75, 3.05) is 0 Å². The maximum absolute atomic E-state index is 8.25. The van der Waals surface area contributed by atoms with Crippen LogP contribution in [0.3, 0.4) is 0 Å². The van der Waals surface area contributed by atoms with Gasteiger partial charge in [0.25, 0.3) is 0 Å². The van der Waals surface area contributed by atoms with E-state index >= 15 is 0 Å². The first kappa shape index (κ1) is 38.0. The van der Waals surface area contributed by atoms with Crippen LogP contribution in [0.2, 0.25) is 0 Å². The Morgan fingerprint density at radius 2 is 0.571 bits per heavy atom. The first-order valence-corrected chi connectivity index (χ1v) is 1.89. The summed E-state index contributed by atoms with van der Waals surface area (Å²) in [6, 6.07) is 0. The minimum Gasteiger partial charge on any atom is -0.554 e. The Morgan fingerprint density at radius 1 is 0.571 bits per heavy atom. The van der Waals surface area contributed by atoms with E-state index < -0.39 is 25.9 Å². The second-order valence-electron chi connectivity index (χ2n) is 0.385. The molecule has 0 aliphatic carbocycles. The van der Waals surface area contributed by atoms with Crippen molar-refractivity contribution in [1.82, 2.24) is 0 Å². The van der Waals surface area contributed by atoms with Crippen molar-refractivity contribution in [2.45, 2.75) is 0 Å². The van der Waals surface area contributed by atoms with E-state index in [9.17, 15) is 0 Å². The molecule has 10 heteroatoms. The van der Waals surface area contributed by atoms with Crippen LogP contribution in [0.1, 0.15) is 0 Å². The van der Waals surface area contributed by atoms with Gasteiger partial charge in [-0.3, -0.25) is 0 Å². The third-order valence-corrected chi connectivity index (χ3v) is 0. The molecule has 0 bridgehead atoms. The van der Waals surface area contributed by atoms with Gasteiger partial charge in [0.2, 0.25) is 0 Å². The topological polar surface area (TPSA) is 161 Å². The van der Waals surface area contributed by atoms with Gasteiger partial charge in [0.1, 0.15) is 0 Å². The molecule has 0 N–H and O–H groups in total. The molecule has 0 atom stereocenters. The molecular formula is C4H4MgNiO8. The van der Waals surface area contributed by atoms with Crippen LogP contribution in [0.5, 0.6) is 0 Å². The number of carbonyl (C=O) groups excluding carboxylic acids is 4. The fourth-order valence-electron chi connectivity index (χ4n) is 0. The predicted molar refractivity (Wildman–Crippen MR) is 30.0 cm³/mol. The van der Waals surface area contributed by atoms with E-state index in [1.807, 2.05) is 0 Å². The molecule has 0 aliphatic rings. The van der Waals surface area contributed by atoms with Gasteiger partial charge in [-0.2, -0.15) is 0 Å². The van der Waals surface area contributed by atoms with Gasteiger partial charge in [-0.25, -0.2) is 0 Å². The predicted octanol–water partition coefficient (Wildman–Crippen LogP) is -6.92. The monoisotopic (exact) mass is 262 g/mol. The summed E-state index contributed by atoms with van der Waals surface area (Å²) < 4.78 is 0. The van der Waals surface area contributed by atoms with Crippen molar-refractivity contribution in [2.24, 2.45) is 0 Å². The van der Waals surface area contributed by atoms with Crippen molar-refractivity contribution < 1.29 is 56.1 Å². The average Bonchev–Trinajstić information content (AvgIpc) is 1.92. The zero-order chi connectivity index (χ0) is 10.8. The Balaban J connectivity index is -0.0000000145. The molecule has 8 nitrogen and oxygen atoms in total. The van der Waals surface area contributed by atoms with Gasteiger partial charge in [-0.05, 0) is 0 Å². The summed E-state index contributed by atoms with van der Waals surface area (Å²) in [7, 11) is 0.